The van der Waals surface area contributed by atoms with Crippen LogP contribution in [0.15, 0.2) is 12.5 Å². The number of ether oxygens (including phenoxy) is 3. The number of hydrogen-bond acceptors (Lipinski definition) is 7. The molecule has 1 amide bonds. The summed E-state index contributed by atoms with van der Waals surface area (Å²) in [6.07, 6.45) is 1.87. The molecular weight excluding hydrogens is 342 g/mol. The summed E-state index contributed by atoms with van der Waals surface area (Å²) < 4.78 is 16.4. The first kappa shape index (κ1) is 21.5. The van der Waals surface area contributed by atoms with Gasteiger partial charge in [0.15, 0.2) is 0 Å². The summed E-state index contributed by atoms with van der Waals surface area (Å²) in [7, 11) is 0. The van der Waals surface area contributed by atoms with Crippen LogP contribution in [0, 0.1) is 0 Å². The predicted octanol–water partition coefficient (Wildman–Crippen LogP) is 2.28. The van der Waals surface area contributed by atoms with E-state index in [2.05, 4.69) is 10.3 Å². The molecule has 0 saturated heterocycles. The number of aromatic nitrogens is 2. The van der Waals surface area contributed by atoms with Crippen LogP contribution in [0.5, 0.6) is 0 Å². The van der Waals surface area contributed by atoms with Crippen LogP contribution in [0.1, 0.15) is 47.2 Å². The van der Waals surface area contributed by atoms with Gasteiger partial charge in [-0.25, -0.2) is 19.1 Å². The zero-order valence-electron chi connectivity index (χ0n) is 16.1. The SMILES string of the molecule is CC(C)(C)OC(=O)N[C@H](COC=O)Cc1cn(C(=O)OC(C)(C)C)cn1. The summed E-state index contributed by atoms with van der Waals surface area (Å²) in [4.78, 5) is 38.5. The molecule has 0 spiro atoms. The van der Waals surface area contributed by atoms with Gasteiger partial charge in [-0.15, -0.1) is 0 Å². The smallest absolute Gasteiger partial charge is 0.419 e. The third kappa shape index (κ3) is 8.50. The lowest BCUT2D eigenvalue weighted by Gasteiger charge is -2.23. The first-order chi connectivity index (χ1) is 11.9. The van der Waals surface area contributed by atoms with E-state index in [0.29, 0.717) is 12.2 Å². The summed E-state index contributed by atoms with van der Waals surface area (Å²) in [6.45, 7) is 10.8. The Morgan fingerprint density at radius 1 is 1.19 bits per heavy atom. The van der Waals surface area contributed by atoms with Gasteiger partial charge in [0.2, 0.25) is 0 Å². The van der Waals surface area contributed by atoms with Crippen LogP contribution in [0.3, 0.4) is 0 Å². The van der Waals surface area contributed by atoms with E-state index in [9.17, 15) is 14.4 Å². The van der Waals surface area contributed by atoms with Crippen molar-refractivity contribution in [3.63, 3.8) is 0 Å². The molecule has 0 aliphatic heterocycles. The number of imidazole rings is 1. The number of carbonyl (C=O) groups is 3. The van der Waals surface area contributed by atoms with Gasteiger partial charge >= 0.3 is 12.2 Å². The molecule has 1 aromatic rings. The van der Waals surface area contributed by atoms with Crippen molar-refractivity contribution in [2.75, 3.05) is 6.61 Å². The summed E-state index contributed by atoms with van der Waals surface area (Å²) in [5.74, 6) is 0. The molecule has 9 heteroatoms. The number of amides is 1. The van der Waals surface area contributed by atoms with Crippen molar-refractivity contribution in [2.24, 2.45) is 0 Å². The molecule has 1 heterocycles. The van der Waals surface area contributed by atoms with E-state index in [1.165, 1.54) is 17.1 Å². The lowest BCUT2D eigenvalue weighted by Crippen LogP contribution is -2.42. The molecule has 9 nitrogen and oxygen atoms in total. The van der Waals surface area contributed by atoms with Gasteiger partial charge in [-0.2, -0.15) is 0 Å². The van der Waals surface area contributed by atoms with Gasteiger partial charge in [-0.05, 0) is 41.5 Å². The maximum absolute atomic E-state index is 12.0. The number of rotatable bonds is 6. The van der Waals surface area contributed by atoms with E-state index >= 15 is 0 Å². The first-order valence-electron chi connectivity index (χ1n) is 8.20. The molecule has 0 bridgehead atoms. The second-order valence-electron chi connectivity index (χ2n) is 7.73. The highest BCUT2D eigenvalue weighted by Crippen LogP contribution is 2.11. The fourth-order valence-electron chi connectivity index (χ4n) is 1.92. The monoisotopic (exact) mass is 369 g/mol. The fourth-order valence-corrected chi connectivity index (χ4v) is 1.92. The van der Waals surface area contributed by atoms with Gasteiger partial charge in [-0.1, -0.05) is 0 Å². The predicted molar refractivity (Wildman–Crippen MR) is 92.7 cm³/mol. The number of nitrogens with one attached hydrogen (secondary N) is 1. The third-order valence-corrected chi connectivity index (χ3v) is 2.78. The maximum Gasteiger partial charge on any atom is 0.419 e. The Morgan fingerprint density at radius 2 is 1.81 bits per heavy atom. The molecule has 0 aliphatic carbocycles. The Morgan fingerprint density at radius 3 is 2.35 bits per heavy atom. The molecule has 0 aliphatic rings. The maximum atomic E-state index is 12.0. The summed E-state index contributed by atoms with van der Waals surface area (Å²) >= 11 is 0. The van der Waals surface area contributed by atoms with Crippen molar-refractivity contribution in [2.45, 2.75) is 65.2 Å². The van der Waals surface area contributed by atoms with Gasteiger partial charge in [0.25, 0.3) is 6.47 Å². The number of carbonyl (C=O) groups excluding carboxylic acids is 3. The molecule has 1 aromatic heterocycles. The van der Waals surface area contributed by atoms with E-state index in [0.717, 1.165) is 0 Å². The number of hydrogen-bond donors (Lipinski definition) is 1. The second kappa shape index (κ2) is 8.68. The molecule has 0 aromatic carbocycles. The summed E-state index contributed by atoms with van der Waals surface area (Å²) in [5, 5.41) is 2.62. The highest BCUT2D eigenvalue weighted by molar-refractivity contribution is 5.70. The minimum atomic E-state index is -0.654. The van der Waals surface area contributed by atoms with Crippen LogP contribution in [0.2, 0.25) is 0 Å². The summed E-state index contributed by atoms with van der Waals surface area (Å²) in [6, 6.07) is -0.558. The van der Waals surface area contributed by atoms with Gasteiger partial charge < -0.3 is 19.5 Å². The molecule has 1 atom stereocenters. The van der Waals surface area contributed by atoms with Crippen LogP contribution >= 0.6 is 0 Å². The van der Waals surface area contributed by atoms with E-state index in [-0.39, 0.29) is 13.0 Å². The van der Waals surface area contributed by atoms with Gasteiger partial charge in [0.1, 0.15) is 24.1 Å². The molecule has 0 fully saturated rings. The molecule has 0 radical (unpaired) electrons. The lowest BCUT2D eigenvalue weighted by molar-refractivity contribution is -0.129. The second-order valence-corrected chi connectivity index (χ2v) is 7.73. The molecule has 0 unspecified atom stereocenters. The Bertz CT molecular complexity index is 627. The topological polar surface area (TPSA) is 109 Å². The molecular formula is C17H27N3O6. The van der Waals surface area contributed by atoms with Crippen molar-refractivity contribution < 1.29 is 28.6 Å². The van der Waals surface area contributed by atoms with Crippen molar-refractivity contribution in [1.29, 1.82) is 0 Å². The van der Waals surface area contributed by atoms with Gasteiger partial charge in [-0.3, -0.25) is 4.79 Å². The molecule has 1 rings (SSSR count). The Labute approximate surface area is 153 Å². The van der Waals surface area contributed by atoms with Crippen LogP contribution < -0.4 is 5.32 Å². The lowest BCUT2D eigenvalue weighted by atomic mass is 10.2. The quantitative estimate of drug-likeness (QED) is 0.605. The van der Waals surface area contributed by atoms with Crippen molar-refractivity contribution in [1.82, 2.24) is 14.9 Å². The average Bonchev–Trinajstić information content (AvgIpc) is 2.89. The van der Waals surface area contributed by atoms with Crippen LogP contribution in [0.25, 0.3) is 0 Å². The highest BCUT2D eigenvalue weighted by atomic mass is 16.6. The van der Waals surface area contributed by atoms with Crippen molar-refractivity contribution in [3.8, 4) is 0 Å². The minimum absolute atomic E-state index is 0.0535. The first-order valence-corrected chi connectivity index (χ1v) is 8.20. The van der Waals surface area contributed by atoms with E-state index in [4.69, 9.17) is 14.2 Å². The van der Waals surface area contributed by atoms with E-state index in [1.807, 2.05) is 0 Å². The Kier molecular flexibility index (Phi) is 7.17. The highest BCUT2D eigenvalue weighted by Gasteiger charge is 2.22. The van der Waals surface area contributed by atoms with Crippen molar-refractivity contribution in [3.05, 3.63) is 18.2 Å². The average molecular weight is 369 g/mol. The molecule has 26 heavy (non-hydrogen) atoms. The summed E-state index contributed by atoms with van der Waals surface area (Å²) in [5.41, 5.74) is -0.759. The molecule has 146 valence electrons. The molecule has 0 saturated carbocycles. The fraction of sp³-hybridized carbons (Fsp3) is 0.647. The third-order valence-electron chi connectivity index (χ3n) is 2.78. The standard InChI is InChI=1S/C17H27N3O6/c1-16(2,3)25-14(22)19-13(9-24-11-21)7-12-8-20(10-18-12)15(23)26-17(4,5)6/h8,10-11,13H,7,9H2,1-6H3,(H,19,22)/t13-/m0/s1. The number of nitrogens with zero attached hydrogens (tertiary/aromatic N) is 2. The van der Waals surface area contributed by atoms with Gasteiger partial charge in [0, 0.05) is 12.6 Å². The zero-order chi connectivity index (χ0) is 20.0. The van der Waals surface area contributed by atoms with Crippen LogP contribution in [0.4, 0.5) is 9.59 Å². The van der Waals surface area contributed by atoms with Crippen molar-refractivity contribution >= 4 is 18.7 Å². The molecule has 1 N–H and O–H groups in total. The zero-order valence-corrected chi connectivity index (χ0v) is 16.1. The Hall–Kier alpha value is -2.58. The largest absolute Gasteiger partial charge is 0.466 e. The van der Waals surface area contributed by atoms with E-state index < -0.39 is 29.4 Å². The van der Waals surface area contributed by atoms with E-state index in [1.54, 1.807) is 41.5 Å². The normalized spacial score (nSPS) is 12.8. The Balaban J connectivity index is 2.74. The van der Waals surface area contributed by atoms with Crippen LogP contribution in [-0.4, -0.2) is 52.1 Å². The van der Waals surface area contributed by atoms with Crippen LogP contribution in [-0.2, 0) is 25.4 Å². The number of alkyl carbamates (subject to hydrolysis) is 1. The van der Waals surface area contributed by atoms with Gasteiger partial charge in [0.05, 0.1) is 11.7 Å². The minimum Gasteiger partial charge on any atom is -0.466 e.